The van der Waals surface area contributed by atoms with E-state index in [0.717, 1.165) is 0 Å². The zero-order chi connectivity index (χ0) is 15.5. The average Bonchev–Trinajstić information content (AvgIpc) is 2.46. The maximum absolute atomic E-state index is 12.8. The van der Waals surface area contributed by atoms with Gasteiger partial charge in [-0.25, -0.2) is 8.42 Å². The lowest BCUT2D eigenvalue weighted by Gasteiger charge is -2.24. The Bertz CT molecular complexity index is 715. The first kappa shape index (κ1) is 15.7. The number of nitrogen functional groups attached to an aromatic ring is 1. The summed E-state index contributed by atoms with van der Waals surface area (Å²) < 4.78 is 27.0. The molecule has 4 nitrogen and oxygen atoms in total. The fourth-order valence-electron chi connectivity index (χ4n) is 1.99. The summed E-state index contributed by atoms with van der Waals surface area (Å²) in [6.07, 6.45) is 0.699. The largest absolute Gasteiger partial charge is 0.399 e. The van der Waals surface area contributed by atoms with Crippen LogP contribution in [0.3, 0.4) is 0 Å². The highest BCUT2D eigenvalue weighted by Gasteiger charge is 2.24. The van der Waals surface area contributed by atoms with Gasteiger partial charge < -0.3 is 5.73 Å². The van der Waals surface area contributed by atoms with Crippen LogP contribution in [0, 0.1) is 0 Å². The number of benzene rings is 2. The fourth-order valence-corrected chi connectivity index (χ4v) is 3.84. The van der Waals surface area contributed by atoms with Crippen LogP contribution in [0.4, 0.5) is 11.4 Å². The highest BCUT2D eigenvalue weighted by molar-refractivity contribution is 7.92. The predicted octanol–water partition coefficient (Wildman–Crippen LogP) is 3.53. The molecule has 2 N–H and O–H groups in total. The SMILES string of the molecule is CCCN(c1ccc(N)cc1)S(=O)(=O)c1cccc(Cl)c1. The van der Waals surface area contributed by atoms with Gasteiger partial charge in [-0.1, -0.05) is 24.6 Å². The van der Waals surface area contributed by atoms with Crippen LogP contribution in [0.2, 0.25) is 5.02 Å². The Kier molecular flexibility index (Phi) is 4.75. The van der Waals surface area contributed by atoms with Crippen LogP contribution < -0.4 is 10.0 Å². The normalized spacial score (nSPS) is 11.3. The third-order valence-electron chi connectivity index (χ3n) is 2.99. The van der Waals surface area contributed by atoms with E-state index in [-0.39, 0.29) is 4.90 Å². The Balaban J connectivity index is 2.48. The van der Waals surface area contributed by atoms with E-state index in [9.17, 15) is 8.42 Å². The number of rotatable bonds is 5. The molecule has 0 bridgehead atoms. The second kappa shape index (κ2) is 6.37. The lowest BCUT2D eigenvalue weighted by Crippen LogP contribution is -2.31. The van der Waals surface area contributed by atoms with Crippen LogP contribution in [0.1, 0.15) is 13.3 Å². The van der Waals surface area contributed by atoms with Gasteiger partial charge in [-0.2, -0.15) is 0 Å². The molecule has 2 aromatic carbocycles. The lowest BCUT2D eigenvalue weighted by molar-refractivity contribution is 0.590. The van der Waals surface area contributed by atoms with E-state index in [4.69, 9.17) is 17.3 Å². The van der Waals surface area contributed by atoms with Gasteiger partial charge in [-0.15, -0.1) is 0 Å². The van der Waals surface area contributed by atoms with Crippen molar-refractivity contribution < 1.29 is 8.42 Å². The predicted molar refractivity (Wildman–Crippen MR) is 87.1 cm³/mol. The van der Waals surface area contributed by atoms with E-state index >= 15 is 0 Å². The van der Waals surface area contributed by atoms with Gasteiger partial charge in [0.2, 0.25) is 0 Å². The molecule has 0 aliphatic heterocycles. The Morgan fingerprint density at radius 1 is 1.14 bits per heavy atom. The molecule has 2 aromatic rings. The zero-order valence-electron chi connectivity index (χ0n) is 11.7. The van der Waals surface area contributed by atoms with E-state index in [1.165, 1.54) is 10.4 Å². The second-order valence-corrected chi connectivity index (χ2v) is 6.92. The van der Waals surface area contributed by atoms with Crippen molar-refractivity contribution in [2.75, 3.05) is 16.6 Å². The first-order chi connectivity index (χ1) is 9.95. The maximum atomic E-state index is 12.8. The summed E-state index contributed by atoms with van der Waals surface area (Å²) in [6, 6.07) is 13.0. The Morgan fingerprint density at radius 2 is 1.81 bits per heavy atom. The summed E-state index contributed by atoms with van der Waals surface area (Å²) in [7, 11) is -3.64. The third-order valence-corrected chi connectivity index (χ3v) is 5.05. The van der Waals surface area contributed by atoms with Gasteiger partial charge in [0.05, 0.1) is 10.6 Å². The van der Waals surface area contributed by atoms with Gasteiger partial charge in [-0.05, 0) is 48.9 Å². The monoisotopic (exact) mass is 324 g/mol. The molecule has 6 heteroatoms. The topological polar surface area (TPSA) is 63.4 Å². The van der Waals surface area contributed by atoms with Gasteiger partial charge in [-0.3, -0.25) is 4.31 Å². The highest BCUT2D eigenvalue weighted by atomic mass is 35.5. The van der Waals surface area contributed by atoms with Crippen molar-refractivity contribution in [3.05, 3.63) is 53.6 Å². The molecule has 0 spiro atoms. The van der Waals surface area contributed by atoms with Crippen LogP contribution in [0.15, 0.2) is 53.4 Å². The molecule has 0 aliphatic rings. The van der Waals surface area contributed by atoms with Gasteiger partial charge in [0.1, 0.15) is 0 Å². The first-order valence-electron chi connectivity index (χ1n) is 6.59. The van der Waals surface area contributed by atoms with Crippen molar-refractivity contribution in [2.24, 2.45) is 0 Å². The van der Waals surface area contributed by atoms with Crippen LogP contribution >= 0.6 is 11.6 Å². The molecule has 0 fully saturated rings. The summed E-state index contributed by atoms with van der Waals surface area (Å²) >= 11 is 5.90. The van der Waals surface area contributed by atoms with Crippen molar-refractivity contribution in [3.63, 3.8) is 0 Å². The summed E-state index contributed by atoms with van der Waals surface area (Å²) in [5.41, 5.74) is 6.84. The number of anilines is 2. The van der Waals surface area contributed by atoms with Crippen LogP contribution in [0.25, 0.3) is 0 Å². The lowest BCUT2D eigenvalue weighted by atomic mass is 10.3. The average molecular weight is 325 g/mol. The summed E-state index contributed by atoms with van der Waals surface area (Å²) in [6.45, 7) is 2.32. The van der Waals surface area contributed by atoms with E-state index in [0.29, 0.717) is 29.4 Å². The van der Waals surface area contributed by atoms with E-state index in [1.807, 2.05) is 6.92 Å². The molecule has 0 unspecified atom stereocenters. The zero-order valence-corrected chi connectivity index (χ0v) is 13.2. The molecule has 0 atom stereocenters. The number of nitrogens with two attached hydrogens (primary N) is 1. The minimum atomic E-state index is -3.64. The van der Waals surface area contributed by atoms with Crippen LogP contribution in [0.5, 0.6) is 0 Å². The number of hydrogen-bond acceptors (Lipinski definition) is 3. The van der Waals surface area contributed by atoms with Gasteiger partial charge in [0.15, 0.2) is 0 Å². The molecular formula is C15H17ClN2O2S. The van der Waals surface area contributed by atoms with E-state index in [1.54, 1.807) is 42.5 Å². The molecule has 21 heavy (non-hydrogen) atoms. The van der Waals surface area contributed by atoms with Crippen molar-refractivity contribution >= 4 is 33.0 Å². The summed E-state index contributed by atoms with van der Waals surface area (Å²) in [4.78, 5) is 0.181. The quantitative estimate of drug-likeness (QED) is 0.856. The highest BCUT2D eigenvalue weighted by Crippen LogP contribution is 2.26. The minimum absolute atomic E-state index is 0.181. The molecule has 0 radical (unpaired) electrons. The van der Waals surface area contributed by atoms with Crippen molar-refractivity contribution in [3.8, 4) is 0 Å². The fraction of sp³-hybridized carbons (Fsp3) is 0.200. The van der Waals surface area contributed by atoms with Crippen molar-refractivity contribution in [1.29, 1.82) is 0 Å². The molecule has 112 valence electrons. The smallest absolute Gasteiger partial charge is 0.264 e. The first-order valence-corrected chi connectivity index (χ1v) is 8.41. The standard InChI is InChI=1S/C15H17ClN2O2S/c1-2-10-18(14-8-6-13(17)7-9-14)21(19,20)15-5-3-4-12(16)11-15/h3-9,11H,2,10,17H2,1H3. The molecule has 0 aliphatic carbocycles. The minimum Gasteiger partial charge on any atom is -0.399 e. The van der Waals surface area contributed by atoms with E-state index in [2.05, 4.69) is 0 Å². The van der Waals surface area contributed by atoms with Gasteiger partial charge >= 0.3 is 0 Å². The number of halogens is 1. The van der Waals surface area contributed by atoms with Crippen molar-refractivity contribution in [2.45, 2.75) is 18.2 Å². The number of nitrogens with zero attached hydrogens (tertiary/aromatic N) is 1. The van der Waals surface area contributed by atoms with Crippen molar-refractivity contribution in [1.82, 2.24) is 0 Å². The van der Waals surface area contributed by atoms with E-state index < -0.39 is 10.0 Å². The Hall–Kier alpha value is -1.72. The third kappa shape index (κ3) is 3.49. The maximum Gasteiger partial charge on any atom is 0.264 e. The molecule has 0 heterocycles. The summed E-state index contributed by atoms with van der Waals surface area (Å²) in [5.74, 6) is 0. The molecule has 2 rings (SSSR count). The summed E-state index contributed by atoms with van der Waals surface area (Å²) in [5, 5.41) is 0.393. The molecular weight excluding hydrogens is 308 g/mol. The molecule has 0 amide bonds. The molecule has 0 saturated heterocycles. The molecule has 0 saturated carbocycles. The second-order valence-electron chi connectivity index (χ2n) is 4.63. The van der Waals surface area contributed by atoms with Gasteiger partial charge in [0.25, 0.3) is 10.0 Å². The Morgan fingerprint density at radius 3 is 2.38 bits per heavy atom. The van der Waals surface area contributed by atoms with Crippen LogP contribution in [-0.2, 0) is 10.0 Å². The Labute approximate surface area is 130 Å². The van der Waals surface area contributed by atoms with Crippen LogP contribution in [-0.4, -0.2) is 15.0 Å². The van der Waals surface area contributed by atoms with Gasteiger partial charge in [0, 0.05) is 17.3 Å². The molecule has 0 aromatic heterocycles. The number of sulfonamides is 1. The number of hydrogen-bond donors (Lipinski definition) is 1.